The van der Waals surface area contributed by atoms with Crippen molar-refractivity contribution in [2.24, 2.45) is 11.8 Å². The van der Waals surface area contributed by atoms with Crippen molar-refractivity contribution in [1.82, 2.24) is 0 Å². The minimum Gasteiger partial charge on any atom is -0.326 e. The molecule has 1 atom stereocenters. The van der Waals surface area contributed by atoms with Gasteiger partial charge in [-0.05, 0) is 55.4 Å². The average Bonchev–Trinajstić information content (AvgIpc) is 2.61. The van der Waals surface area contributed by atoms with Crippen molar-refractivity contribution in [2.45, 2.75) is 71.1 Å². The first-order chi connectivity index (χ1) is 11.7. The number of hydrogen-bond acceptors (Lipinski definition) is 2. The van der Waals surface area contributed by atoms with Gasteiger partial charge in [-0.15, -0.1) is 0 Å². The number of Topliss-reactive ketones (excluding diaryl/α,β-unsaturated/α-hetero) is 1. The van der Waals surface area contributed by atoms with Gasteiger partial charge >= 0.3 is 0 Å². The van der Waals surface area contributed by atoms with E-state index in [2.05, 4.69) is 12.2 Å². The van der Waals surface area contributed by atoms with Crippen molar-refractivity contribution in [3.8, 4) is 0 Å². The van der Waals surface area contributed by atoms with Crippen LogP contribution in [-0.2, 0) is 11.2 Å². The molecule has 1 aromatic carbocycles. The summed E-state index contributed by atoms with van der Waals surface area (Å²) in [7, 11) is 0. The van der Waals surface area contributed by atoms with E-state index < -0.39 is 0 Å². The summed E-state index contributed by atoms with van der Waals surface area (Å²) in [5, 5.41) is 3.02. The molecule has 0 bridgehead atoms. The Hall–Kier alpha value is -1.64. The zero-order chi connectivity index (χ0) is 16.9. The van der Waals surface area contributed by atoms with Gasteiger partial charge in [0.05, 0.1) is 0 Å². The number of anilines is 1. The molecule has 3 heteroatoms. The number of amides is 1. The monoisotopic (exact) mass is 327 g/mol. The average molecular weight is 327 g/mol. The molecule has 1 saturated carbocycles. The van der Waals surface area contributed by atoms with Crippen LogP contribution in [0.3, 0.4) is 0 Å². The number of ketones is 1. The summed E-state index contributed by atoms with van der Waals surface area (Å²) >= 11 is 0. The fourth-order valence-electron chi connectivity index (χ4n) is 4.22. The quantitative estimate of drug-likeness (QED) is 0.814. The number of aryl methyl sites for hydroxylation is 1. The van der Waals surface area contributed by atoms with Crippen LogP contribution in [0, 0.1) is 11.8 Å². The summed E-state index contributed by atoms with van der Waals surface area (Å²) in [6, 6.07) is 5.78. The number of fused-ring (bicyclic) bond motifs is 1. The third-order valence-corrected chi connectivity index (χ3v) is 5.78. The Morgan fingerprint density at radius 3 is 2.71 bits per heavy atom. The molecule has 1 N–H and O–H groups in total. The number of hydrogen-bond donors (Lipinski definition) is 1. The molecule has 2 aliphatic rings. The maximum atomic E-state index is 12.4. The minimum absolute atomic E-state index is 0.106. The van der Waals surface area contributed by atoms with Gasteiger partial charge in [-0.3, -0.25) is 9.59 Å². The van der Waals surface area contributed by atoms with Crippen molar-refractivity contribution in [3.05, 3.63) is 29.3 Å². The molecule has 0 aromatic heterocycles. The molecule has 0 heterocycles. The van der Waals surface area contributed by atoms with E-state index >= 15 is 0 Å². The second-order valence-electron chi connectivity index (χ2n) is 7.47. The number of rotatable bonds is 5. The van der Waals surface area contributed by atoms with Crippen LogP contribution >= 0.6 is 0 Å². The number of benzene rings is 1. The highest BCUT2D eigenvalue weighted by Gasteiger charge is 2.26. The van der Waals surface area contributed by atoms with E-state index in [0.717, 1.165) is 48.4 Å². The number of carbonyl (C=O) groups is 2. The Morgan fingerprint density at radius 2 is 1.96 bits per heavy atom. The maximum Gasteiger partial charge on any atom is 0.224 e. The molecule has 130 valence electrons. The lowest BCUT2D eigenvalue weighted by molar-refractivity contribution is -0.116. The summed E-state index contributed by atoms with van der Waals surface area (Å²) in [6.07, 6.45) is 11.0. The summed E-state index contributed by atoms with van der Waals surface area (Å²) < 4.78 is 0. The Kier molecular flexibility index (Phi) is 5.70. The first kappa shape index (κ1) is 17.2. The molecule has 0 spiro atoms. The van der Waals surface area contributed by atoms with Crippen molar-refractivity contribution < 1.29 is 9.59 Å². The lowest BCUT2D eigenvalue weighted by Crippen LogP contribution is -2.22. The molecule has 24 heavy (non-hydrogen) atoms. The maximum absolute atomic E-state index is 12.4. The molecule has 0 aliphatic heterocycles. The van der Waals surface area contributed by atoms with Crippen LogP contribution in [0.4, 0.5) is 5.69 Å². The van der Waals surface area contributed by atoms with Gasteiger partial charge in [-0.2, -0.15) is 0 Å². The lowest BCUT2D eigenvalue weighted by atomic mass is 9.81. The standard InChI is InChI=1S/C21H29NO2/c1-2-16-9-10-17-14-18(11-12-19(17)21(16)24)22-20(23)13-8-15-6-4-3-5-7-15/h11-12,14-16H,2-10,13H2,1H3,(H,22,23). The summed E-state index contributed by atoms with van der Waals surface area (Å²) in [5.74, 6) is 1.29. The Labute approximate surface area is 145 Å². The van der Waals surface area contributed by atoms with Gasteiger partial charge in [0.1, 0.15) is 0 Å². The van der Waals surface area contributed by atoms with Gasteiger partial charge in [-0.25, -0.2) is 0 Å². The topological polar surface area (TPSA) is 46.2 Å². The van der Waals surface area contributed by atoms with Crippen LogP contribution in [-0.4, -0.2) is 11.7 Å². The van der Waals surface area contributed by atoms with Crippen LogP contribution < -0.4 is 5.32 Å². The van der Waals surface area contributed by atoms with Gasteiger partial charge in [0.25, 0.3) is 0 Å². The predicted octanol–water partition coefficient (Wildman–Crippen LogP) is 5.14. The SMILES string of the molecule is CCC1CCc2cc(NC(=O)CCC3CCCCC3)ccc2C1=O. The highest BCUT2D eigenvalue weighted by atomic mass is 16.1. The van der Waals surface area contributed by atoms with Gasteiger partial charge < -0.3 is 5.32 Å². The second-order valence-corrected chi connectivity index (χ2v) is 7.47. The lowest BCUT2D eigenvalue weighted by Gasteiger charge is -2.23. The molecule has 3 nitrogen and oxygen atoms in total. The third kappa shape index (κ3) is 4.06. The van der Waals surface area contributed by atoms with Gasteiger partial charge in [0, 0.05) is 23.6 Å². The van der Waals surface area contributed by atoms with Crippen LogP contribution in [0.15, 0.2) is 18.2 Å². The fraction of sp³-hybridized carbons (Fsp3) is 0.619. The molecule has 3 rings (SSSR count). The number of nitrogens with one attached hydrogen (secondary N) is 1. The molecular weight excluding hydrogens is 298 g/mol. The first-order valence-corrected chi connectivity index (χ1v) is 9.64. The normalized spacial score (nSPS) is 21.4. The van der Waals surface area contributed by atoms with Crippen molar-refractivity contribution in [1.29, 1.82) is 0 Å². The Bertz CT molecular complexity index is 602. The molecule has 1 amide bonds. The van der Waals surface area contributed by atoms with Gasteiger partial charge in [-0.1, -0.05) is 39.0 Å². The van der Waals surface area contributed by atoms with E-state index in [1.54, 1.807) is 0 Å². The molecular formula is C21H29NO2. The molecule has 1 unspecified atom stereocenters. The van der Waals surface area contributed by atoms with Crippen molar-refractivity contribution in [3.63, 3.8) is 0 Å². The summed E-state index contributed by atoms with van der Waals surface area (Å²) in [5.41, 5.74) is 2.79. The smallest absolute Gasteiger partial charge is 0.224 e. The first-order valence-electron chi connectivity index (χ1n) is 9.64. The van der Waals surface area contributed by atoms with Gasteiger partial charge in [0.15, 0.2) is 5.78 Å². The van der Waals surface area contributed by atoms with Crippen LogP contribution in [0.25, 0.3) is 0 Å². The fourth-order valence-corrected chi connectivity index (χ4v) is 4.22. The van der Waals surface area contributed by atoms with Gasteiger partial charge in [0.2, 0.25) is 5.91 Å². The van der Waals surface area contributed by atoms with E-state index in [4.69, 9.17) is 0 Å². The van der Waals surface area contributed by atoms with Crippen molar-refractivity contribution >= 4 is 17.4 Å². The number of carbonyl (C=O) groups excluding carboxylic acids is 2. The van der Waals surface area contributed by atoms with E-state index in [1.165, 1.54) is 32.1 Å². The Morgan fingerprint density at radius 1 is 1.17 bits per heavy atom. The third-order valence-electron chi connectivity index (χ3n) is 5.78. The summed E-state index contributed by atoms with van der Waals surface area (Å²) in [6.45, 7) is 2.08. The zero-order valence-electron chi connectivity index (χ0n) is 14.8. The minimum atomic E-state index is 0.106. The Balaban J connectivity index is 1.56. The van der Waals surface area contributed by atoms with E-state index in [-0.39, 0.29) is 17.6 Å². The van der Waals surface area contributed by atoms with Crippen molar-refractivity contribution in [2.75, 3.05) is 5.32 Å². The highest BCUT2D eigenvalue weighted by Crippen LogP contribution is 2.30. The second kappa shape index (κ2) is 7.96. The molecule has 1 aromatic rings. The highest BCUT2D eigenvalue weighted by molar-refractivity contribution is 6.01. The zero-order valence-corrected chi connectivity index (χ0v) is 14.8. The molecule has 2 aliphatic carbocycles. The van der Waals surface area contributed by atoms with Crippen LogP contribution in [0.5, 0.6) is 0 Å². The summed E-state index contributed by atoms with van der Waals surface area (Å²) in [4.78, 5) is 24.6. The van der Waals surface area contributed by atoms with E-state index in [9.17, 15) is 9.59 Å². The largest absolute Gasteiger partial charge is 0.326 e. The predicted molar refractivity (Wildman–Crippen MR) is 97.3 cm³/mol. The van der Waals surface area contributed by atoms with E-state index in [0.29, 0.717) is 6.42 Å². The van der Waals surface area contributed by atoms with Crippen LogP contribution in [0.2, 0.25) is 0 Å². The van der Waals surface area contributed by atoms with E-state index in [1.807, 2.05) is 18.2 Å². The molecule has 1 fully saturated rings. The van der Waals surface area contributed by atoms with Crippen LogP contribution in [0.1, 0.15) is 80.6 Å². The molecule has 0 radical (unpaired) electrons. The molecule has 0 saturated heterocycles.